The van der Waals surface area contributed by atoms with Gasteiger partial charge in [0.2, 0.25) is 5.91 Å². The van der Waals surface area contributed by atoms with Crippen molar-refractivity contribution in [3.8, 4) is 11.3 Å². The molecule has 1 fully saturated rings. The summed E-state index contributed by atoms with van der Waals surface area (Å²) in [5, 5.41) is 7.06. The number of halogens is 1. The van der Waals surface area contributed by atoms with Crippen LogP contribution in [0.3, 0.4) is 0 Å². The average molecular weight is 590 g/mol. The van der Waals surface area contributed by atoms with E-state index >= 15 is 0 Å². The van der Waals surface area contributed by atoms with Crippen LogP contribution in [-0.2, 0) is 11.2 Å². The summed E-state index contributed by atoms with van der Waals surface area (Å²) in [6.45, 7) is 4.57. The number of nitrogens with zero attached hydrogens (tertiary/aromatic N) is 2. The van der Waals surface area contributed by atoms with Gasteiger partial charge in [-0.1, -0.05) is 53.2 Å². The van der Waals surface area contributed by atoms with Crippen LogP contribution in [0.4, 0.5) is 5.69 Å². The highest BCUT2D eigenvalue weighted by Gasteiger charge is 2.41. The third-order valence-electron chi connectivity index (χ3n) is 6.76. The summed E-state index contributed by atoms with van der Waals surface area (Å²) in [6, 6.07) is 23.4. The summed E-state index contributed by atoms with van der Waals surface area (Å²) in [4.78, 5) is 19.6. The van der Waals surface area contributed by atoms with Gasteiger partial charge in [-0.2, -0.15) is 0 Å². The number of nitrogens with one attached hydrogen (secondary N) is 2. The maximum atomic E-state index is 13.0. The quantitative estimate of drug-likeness (QED) is 0.216. The van der Waals surface area contributed by atoms with Gasteiger partial charge in [0.1, 0.15) is 17.6 Å². The molecule has 5 rings (SSSR count). The first-order valence-electron chi connectivity index (χ1n) is 12.7. The van der Waals surface area contributed by atoms with Gasteiger partial charge >= 0.3 is 0 Å². The zero-order valence-corrected chi connectivity index (χ0v) is 23.7. The van der Waals surface area contributed by atoms with Gasteiger partial charge < -0.3 is 20.0 Å². The number of hydrogen-bond acceptors (Lipinski definition) is 4. The number of aryl methyl sites for hydroxylation is 2. The number of para-hydroxylation sites is 1. The third-order valence-corrected chi connectivity index (χ3v) is 7.77. The lowest BCUT2D eigenvalue weighted by atomic mass is 10.0. The molecule has 2 atom stereocenters. The zero-order chi connectivity index (χ0) is 26.6. The van der Waals surface area contributed by atoms with Crippen molar-refractivity contribution in [1.82, 2.24) is 15.2 Å². The van der Waals surface area contributed by atoms with E-state index in [0.29, 0.717) is 11.7 Å². The Labute approximate surface area is 236 Å². The first-order valence-corrected chi connectivity index (χ1v) is 13.9. The van der Waals surface area contributed by atoms with Gasteiger partial charge in [-0.15, -0.1) is 0 Å². The minimum atomic E-state index is -0.258. The number of hydrogen-bond donors (Lipinski definition) is 2. The molecule has 0 unspecified atom stereocenters. The van der Waals surface area contributed by atoms with Gasteiger partial charge in [0.15, 0.2) is 5.11 Å². The Hall–Kier alpha value is -3.49. The summed E-state index contributed by atoms with van der Waals surface area (Å²) >= 11 is 9.42. The molecule has 0 bridgehead atoms. The molecule has 0 aliphatic carbocycles. The standard InChI is InChI=1S/C30H29BrN4O2S/c1-3-20-8-4-5-9-23(20)33-27(36)15-17-35-29(28(34-30(35)38)24-10-6-7-16-32-24)26-14-13-25(37-26)21-12-11-19(2)18-22(21)31/h4-14,16,18,28-29H,3,15,17H2,1-2H3,(H,33,36)(H,34,38)/t28-,29+/m0/s1. The van der Waals surface area contributed by atoms with Gasteiger partial charge in [-0.3, -0.25) is 9.78 Å². The Morgan fingerprint density at radius 1 is 1.13 bits per heavy atom. The molecule has 1 saturated heterocycles. The molecule has 0 spiro atoms. The van der Waals surface area contributed by atoms with Crippen LogP contribution in [0.2, 0.25) is 0 Å². The highest BCUT2D eigenvalue weighted by Crippen LogP contribution is 2.41. The fourth-order valence-electron chi connectivity index (χ4n) is 4.82. The summed E-state index contributed by atoms with van der Waals surface area (Å²) in [5.74, 6) is 1.46. The number of carbonyl (C=O) groups excluding carboxylic acids is 1. The minimum absolute atomic E-state index is 0.0579. The Balaban J connectivity index is 1.41. The lowest BCUT2D eigenvalue weighted by Gasteiger charge is -2.26. The molecule has 0 radical (unpaired) electrons. The van der Waals surface area contributed by atoms with Crippen LogP contribution in [0.25, 0.3) is 11.3 Å². The molecule has 2 aromatic carbocycles. The highest BCUT2D eigenvalue weighted by atomic mass is 79.9. The number of benzene rings is 2. The van der Waals surface area contributed by atoms with Crippen LogP contribution in [0.1, 0.15) is 48.0 Å². The number of aromatic nitrogens is 1. The molecular weight excluding hydrogens is 560 g/mol. The summed E-state index contributed by atoms with van der Waals surface area (Å²) in [6.07, 6.45) is 2.90. The molecule has 38 heavy (non-hydrogen) atoms. The normalized spacial score (nSPS) is 16.9. The van der Waals surface area contributed by atoms with Crippen molar-refractivity contribution in [2.24, 2.45) is 0 Å². The van der Waals surface area contributed by atoms with Crippen LogP contribution in [-0.4, -0.2) is 27.4 Å². The number of anilines is 1. The largest absolute Gasteiger partial charge is 0.459 e. The van der Waals surface area contributed by atoms with Gasteiger partial charge in [0, 0.05) is 34.9 Å². The average Bonchev–Trinajstić information content (AvgIpc) is 3.52. The second-order valence-corrected chi connectivity index (χ2v) is 10.6. The number of rotatable bonds is 8. The molecule has 2 aromatic heterocycles. The predicted molar refractivity (Wildman–Crippen MR) is 158 cm³/mol. The fraction of sp³-hybridized carbons (Fsp3) is 0.233. The van der Waals surface area contributed by atoms with Crippen LogP contribution in [0, 0.1) is 6.92 Å². The van der Waals surface area contributed by atoms with Crippen molar-refractivity contribution in [2.75, 3.05) is 11.9 Å². The van der Waals surface area contributed by atoms with E-state index in [9.17, 15) is 4.79 Å². The highest BCUT2D eigenvalue weighted by molar-refractivity contribution is 9.10. The Morgan fingerprint density at radius 3 is 2.71 bits per heavy atom. The van der Waals surface area contributed by atoms with Crippen molar-refractivity contribution < 1.29 is 9.21 Å². The zero-order valence-electron chi connectivity index (χ0n) is 21.3. The number of pyridine rings is 1. The Bertz CT molecular complexity index is 1460. The van der Waals surface area contributed by atoms with E-state index < -0.39 is 0 Å². The molecule has 6 nitrogen and oxygen atoms in total. The summed E-state index contributed by atoms with van der Waals surface area (Å²) < 4.78 is 7.41. The fourth-order valence-corrected chi connectivity index (χ4v) is 5.84. The van der Waals surface area contributed by atoms with Crippen LogP contribution in [0.5, 0.6) is 0 Å². The number of thiocarbonyl (C=S) groups is 1. The van der Waals surface area contributed by atoms with Crippen molar-refractivity contribution in [3.63, 3.8) is 0 Å². The molecule has 1 amide bonds. The van der Waals surface area contributed by atoms with E-state index in [1.54, 1.807) is 6.20 Å². The maximum absolute atomic E-state index is 13.0. The Morgan fingerprint density at radius 2 is 1.95 bits per heavy atom. The number of amides is 1. The van der Waals surface area contributed by atoms with E-state index in [4.69, 9.17) is 16.6 Å². The van der Waals surface area contributed by atoms with Crippen LogP contribution >= 0.6 is 28.1 Å². The summed E-state index contributed by atoms with van der Waals surface area (Å²) in [7, 11) is 0. The maximum Gasteiger partial charge on any atom is 0.226 e. The minimum Gasteiger partial charge on any atom is -0.459 e. The monoisotopic (exact) mass is 588 g/mol. The predicted octanol–water partition coefficient (Wildman–Crippen LogP) is 6.98. The molecule has 0 saturated carbocycles. The number of carbonyl (C=O) groups is 1. The second kappa shape index (κ2) is 11.5. The van der Waals surface area contributed by atoms with E-state index in [2.05, 4.69) is 57.5 Å². The molecule has 4 aromatic rings. The van der Waals surface area contributed by atoms with E-state index in [1.165, 1.54) is 5.56 Å². The molecule has 2 N–H and O–H groups in total. The summed E-state index contributed by atoms with van der Waals surface area (Å²) in [5.41, 5.74) is 4.96. The molecule has 8 heteroatoms. The third kappa shape index (κ3) is 5.51. The van der Waals surface area contributed by atoms with Crippen molar-refractivity contribution >= 4 is 44.9 Å². The van der Waals surface area contributed by atoms with Gasteiger partial charge in [0.25, 0.3) is 0 Å². The van der Waals surface area contributed by atoms with E-state index in [0.717, 1.165) is 44.9 Å². The van der Waals surface area contributed by atoms with Gasteiger partial charge in [0.05, 0.1) is 11.7 Å². The first kappa shape index (κ1) is 26.1. The van der Waals surface area contributed by atoms with Crippen molar-refractivity contribution in [2.45, 2.75) is 38.8 Å². The smallest absolute Gasteiger partial charge is 0.226 e. The lowest BCUT2D eigenvalue weighted by Crippen LogP contribution is -2.32. The number of furan rings is 1. The molecule has 3 heterocycles. The molecular formula is C30H29BrN4O2S. The van der Waals surface area contributed by atoms with Crippen molar-refractivity contribution in [1.29, 1.82) is 0 Å². The molecule has 1 aliphatic heterocycles. The van der Waals surface area contributed by atoms with Gasteiger partial charge in [-0.05, 0) is 79.2 Å². The Kier molecular flexibility index (Phi) is 7.90. The van der Waals surface area contributed by atoms with E-state index in [-0.39, 0.29) is 24.4 Å². The topological polar surface area (TPSA) is 70.4 Å². The molecule has 194 valence electrons. The SMILES string of the molecule is CCc1ccccc1NC(=O)CCN1C(=S)N[C@@H](c2ccccn2)[C@H]1c1ccc(-c2ccc(C)cc2Br)o1. The van der Waals surface area contributed by atoms with Crippen LogP contribution < -0.4 is 10.6 Å². The lowest BCUT2D eigenvalue weighted by molar-refractivity contribution is -0.116. The second-order valence-electron chi connectivity index (χ2n) is 9.31. The molecule has 1 aliphatic rings. The van der Waals surface area contributed by atoms with Crippen molar-refractivity contribution in [3.05, 3.63) is 106 Å². The first-order chi connectivity index (χ1) is 18.4. The van der Waals surface area contributed by atoms with E-state index in [1.807, 2.05) is 65.6 Å². The van der Waals surface area contributed by atoms with Gasteiger partial charge in [-0.25, -0.2) is 0 Å². The van der Waals surface area contributed by atoms with Crippen LogP contribution in [0.15, 0.2) is 87.9 Å².